The third-order valence-corrected chi connectivity index (χ3v) is 3.88. The van der Waals surface area contributed by atoms with E-state index in [2.05, 4.69) is 15.2 Å². The lowest BCUT2D eigenvalue weighted by atomic mass is 10.1. The molecule has 0 saturated carbocycles. The molecule has 0 unspecified atom stereocenters. The molecule has 146 valence electrons. The zero-order valence-electron chi connectivity index (χ0n) is 15.5. The number of nitro benzene ring substituents is 1. The van der Waals surface area contributed by atoms with Gasteiger partial charge < -0.3 is 18.9 Å². The van der Waals surface area contributed by atoms with E-state index in [1.165, 1.54) is 45.6 Å². The SMILES string of the molecule is COc1cc(-c2n[nH]c(COc3ccc([N+](=O)[O-])cc3)n2)cc(OC)c1OC. The molecule has 0 bridgehead atoms. The number of methoxy groups -OCH3 is 3. The molecule has 1 aromatic heterocycles. The van der Waals surface area contributed by atoms with Crippen molar-refractivity contribution >= 4 is 5.69 Å². The number of rotatable bonds is 8. The van der Waals surface area contributed by atoms with Gasteiger partial charge in [-0.15, -0.1) is 0 Å². The Balaban J connectivity index is 1.76. The van der Waals surface area contributed by atoms with Gasteiger partial charge in [-0.05, 0) is 24.3 Å². The number of non-ortho nitro benzene ring substituents is 1. The Kier molecular flexibility index (Phi) is 5.58. The van der Waals surface area contributed by atoms with Gasteiger partial charge in [0.15, 0.2) is 23.1 Å². The molecule has 10 nitrogen and oxygen atoms in total. The maximum Gasteiger partial charge on any atom is 0.269 e. The molecule has 0 atom stereocenters. The molecular weight excluding hydrogens is 368 g/mol. The van der Waals surface area contributed by atoms with Crippen LogP contribution in [0.2, 0.25) is 0 Å². The van der Waals surface area contributed by atoms with Crippen LogP contribution >= 0.6 is 0 Å². The number of H-pyrrole nitrogens is 1. The highest BCUT2D eigenvalue weighted by molar-refractivity contribution is 5.66. The zero-order valence-corrected chi connectivity index (χ0v) is 15.5. The largest absolute Gasteiger partial charge is 0.493 e. The molecule has 3 rings (SSSR count). The molecule has 0 fully saturated rings. The Bertz CT molecular complexity index is 945. The Hall–Kier alpha value is -3.82. The lowest BCUT2D eigenvalue weighted by Crippen LogP contribution is -1.98. The smallest absolute Gasteiger partial charge is 0.269 e. The molecule has 0 aliphatic rings. The van der Waals surface area contributed by atoms with E-state index in [1.807, 2.05) is 0 Å². The number of nitro groups is 1. The van der Waals surface area contributed by atoms with E-state index in [0.717, 1.165) is 0 Å². The first kappa shape index (κ1) is 19.0. The third kappa shape index (κ3) is 3.95. The molecule has 2 aromatic carbocycles. The summed E-state index contributed by atoms with van der Waals surface area (Å²) in [6, 6.07) is 9.27. The first-order chi connectivity index (χ1) is 13.5. The lowest BCUT2D eigenvalue weighted by Gasteiger charge is -2.12. The summed E-state index contributed by atoms with van der Waals surface area (Å²) in [5.74, 6) is 2.86. The summed E-state index contributed by atoms with van der Waals surface area (Å²) in [7, 11) is 4.59. The van der Waals surface area contributed by atoms with Gasteiger partial charge in [0.25, 0.3) is 5.69 Å². The van der Waals surface area contributed by atoms with Crippen LogP contribution in [-0.2, 0) is 6.61 Å². The first-order valence-electron chi connectivity index (χ1n) is 8.14. The number of ether oxygens (including phenoxy) is 4. The van der Waals surface area contributed by atoms with Crippen LogP contribution in [-0.4, -0.2) is 41.4 Å². The lowest BCUT2D eigenvalue weighted by molar-refractivity contribution is -0.384. The van der Waals surface area contributed by atoms with Gasteiger partial charge in [0.2, 0.25) is 5.75 Å². The number of benzene rings is 2. The predicted octanol–water partition coefficient (Wildman–Crippen LogP) is 2.98. The second-order valence-electron chi connectivity index (χ2n) is 5.56. The van der Waals surface area contributed by atoms with Crippen LogP contribution in [0.3, 0.4) is 0 Å². The number of aromatic amines is 1. The van der Waals surface area contributed by atoms with E-state index in [0.29, 0.717) is 40.2 Å². The van der Waals surface area contributed by atoms with Crippen LogP contribution < -0.4 is 18.9 Å². The Morgan fingerprint density at radius 1 is 1.04 bits per heavy atom. The van der Waals surface area contributed by atoms with Crippen molar-refractivity contribution in [1.29, 1.82) is 0 Å². The van der Waals surface area contributed by atoms with Crippen molar-refractivity contribution in [1.82, 2.24) is 15.2 Å². The zero-order chi connectivity index (χ0) is 20.1. The van der Waals surface area contributed by atoms with Crippen molar-refractivity contribution in [3.63, 3.8) is 0 Å². The first-order valence-corrected chi connectivity index (χ1v) is 8.14. The standard InChI is InChI=1S/C18H18N4O6/c1-25-14-8-11(9-15(26-2)17(14)27-3)18-19-16(20-21-18)10-28-13-6-4-12(5-7-13)22(23)24/h4-9H,10H2,1-3H3,(H,19,20,21). The fourth-order valence-corrected chi connectivity index (χ4v) is 2.51. The summed E-state index contributed by atoms with van der Waals surface area (Å²) in [4.78, 5) is 14.6. The van der Waals surface area contributed by atoms with Gasteiger partial charge in [0.05, 0.1) is 26.3 Å². The van der Waals surface area contributed by atoms with Crippen molar-refractivity contribution in [2.75, 3.05) is 21.3 Å². The molecule has 0 spiro atoms. The second-order valence-corrected chi connectivity index (χ2v) is 5.56. The van der Waals surface area contributed by atoms with Gasteiger partial charge in [0, 0.05) is 17.7 Å². The highest BCUT2D eigenvalue weighted by Crippen LogP contribution is 2.40. The normalized spacial score (nSPS) is 10.4. The Labute approximate surface area is 160 Å². The monoisotopic (exact) mass is 386 g/mol. The number of nitrogens with zero attached hydrogens (tertiary/aromatic N) is 3. The highest BCUT2D eigenvalue weighted by Gasteiger charge is 2.16. The molecule has 1 N–H and O–H groups in total. The van der Waals surface area contributed by atoms with Gasteiger partial charge in [-0.3, -0.25) is 15.2 Å². The maximum atomic E-state index is 10.7. The van der Waals surface area contributed by atoms with Gasteiger partial charge >= 0.3 is 0 Å². The number of aromatic nitrogens is 3. The van der Waals surface area contributed by atoms with Crippen molar-refractivity contribution in [2.45, 2.75) is 6.61 Å². The number of hydrogen-bond donors (Lipinski definition) is 1. The molecular formula is C18H18N4O6. The minimum Gasteiger partial charge on any atom is -0.493 e. The Morgan fingerprint density at radius 2 is 1.68 bits per heavy atom. The van der Waals surface area contributed by atoms with Crippen LogP contribution in [0.1, 0.15) is 5.82 Å². The van der Waals surface area contributed by atoms with Gasteiger partial charge in [-0.2, -0.15) is 5.10 Å². The molecule has 0 radical (unpaired) electrons. The van der Waals surface area contributed by atoms with Crippen LogP contribution in [0, 0.1) is 10.1 Å². The van der Waals surface area contributed by atoms with Crippen molar-refractivity contribution in [2.24, 2.45) is 0 Å². The topological polar surface area (TPSA) is 122 Å². The number of hydrogen-bond acceptors (Lipinski definition) is 8. The van der Waals surface area contributed by atoms with Crippen LogP contribution in [0.4, 0.5) is 5.69 Å². The number of nitrogens with one attached hydrogen (secondary N) is 1. The summed E-state index contributed by atoms with van der Waals surface area (Å²) in [6.45, 7) is 0.120. The van der Waals surface area contributed by atoms with E-state index in [1.54, 1.807) is 12.1 Å². The predicted molar refractivity (Wildman–Crippen MR) is 98.9 cm³/mol. The van der Waals surface area contributed by atoms with Crippen LogP contribution in [0.15, 0.2) is 36.4 Å². The summed E-state index contributed by atoms with van der Waals surface area (Å²) in [6.07, 6.45) is 0. The molecule has 10 heteroatoms. The average Bonchev–Trinajstić information content (AvgIpc) is 3.20. The summed E-state index contributed by atoms with van der Waals surface area (Å²) >= 11 is 0. The van der Waals surface area contributed by atoms with E-state index in [4.69, 9.17) is 18.9 Å². The summed E-state index contributed by atoms with van der Waals surface area (Å²) in [5, 5.41) is 17.7. The second kappa shape index (κ2) is 8.25. The van der Waals surface area contributed by atoms with Gasteiger partial charge in [0.1, 0.15) is 12.4 Å². The molecule has 0 saturated heterocycles. The quantitative estimate of drug-likeness (QED) is 0.463. The van der Waals surface area contributed by atoms with E-state index in [-0.39, 0.29) is 12.3 Å². The van der Waals surface area contributed by atoms with E-state index in [9.17, 15) is 10.1 Å². The summed E-state index contributed by atoms with van der Waals surface area (Å²) < 4.78 is 21.6. The van der Waals surface area contributed by atoms with E-state index < -0.39 is 4.92 Å². The van der Waals surface area contributed by atoms with Crippen LogP contribution in [0.25, 0.3) is 11.4 Å². The molecule has 0 aliphatic heterocycles. The fourth-order valence-electron chi connectivity index (χ4n) is 2.51. The molecule has 28 heavy (non-hydrogen) atoms. The molecule has 1 heterocycles. The van der Waals surface area contributed by atoms with Crippen molar-refractivity contribution in [3.8, 4) is 34.4 Å². The highest BCUT2D eigenvalue weighted by atomic mass is 16.6. The molecule has 0 amide bonds. The average molecular weight is 386 g/mol. The molecule has 3 aromatic rings. The minimum absolute atomic E-state index is 0.00305. The van der Waals surface area contributed by atoms with Crippen LogP contribution in [0.5, 0.6) is 23.0 Å². The van der Waals surface area contributed by atoms with Crippen molar-refractivity contribution < 1.29 is 23.9 Å². The van der Waals surface area contributed by atoms with Crippen molar-refractivity contribution in [3.05, 3.63) is 52.3 Å². The Morgan fingerprint density at radius 3 is 2.21 bits per heavy atom. The third-order valence-electron chi connectivity index (χ3n) is 3.88. The van der Waals surface area contributed by atoms with E-state index >= 15 is 0 Å². The summed E-state index contributed by atoms with van der Waals surface area (Å²) in [5.41, 5.74) is 0.670. The maximum absolute atomic E-state index is 10.7. The van der Waals surface area contributed by atoms with Gasteiger partial charge in [-0.25, -0.2) is 4.98 Å². The minimum atomic E-state index is -0.468. The fraction of sp³-hybridized carbons (Fsp3) is 0.222. The van der Waals surface area contributed by atoms with Gasteiger partial charge in [-0.1, -0.05) is 0 Å². The molecule has 0 aliphatic carbocycles.